The van der Waals surface area contributed by atoms with E-state index in [2.05, 4.69) is 5.32 Å². The van der Waals surface area contributed by atoms with Crippen LogP contribution in [-0.4, -0.2) is 18.6 Å². The van der Waals surface area contributed by atoms with E-state index in [4.69, 9.17) is 15.2 Å². The maximum Gasteiger partial charge on any atom is 0.237 e. The molecule has 0 radical (unpaired) electrons. The summed E-state index contributed by atoms with van der Waals surface area (Å²) in [7, 11) is 1.66. The molecule has 5 heteroatoms. The molecule has 0 saturated heterocycles. The highest BCUT2D eigenvalue weighted by Gasteiger charge is 2.37. The number of benzene rings is 2. The Bertz CT molecular complexity index is 752. The van der Waals surface area contributed by atoms with Gasteiger partial charge in [-0.15, -0.1) is 0 Å². The lowest BCUT2D eigenvalue weighted by Crippen LogP contribution is -2.56. The Hall–Kier alpha value is -2.53. The van der Waals surface area contributed by atoms with Gasteiger partial charge in [-0.3, -0.25) is 10.1 Å². The van der Waals surface area contributed by atoms with Gasteiger partial charge in [0.1, 0.15) is 18.1 Å². The molecule has 3 N–H and O–H groups in total. The Balaban J connectivity index is 1.54. The van der Waals surface area contributed by atoms with Crippen molar-refractivity contribution >= 4 is 5.91 Å². The van der Waals surface area contributed by atoms with Crippen molar-refractivity contribution in [1.82, 2.24) is 5.32 Å². The summed E-state index contributed by atoms with van der Waals surface area (Å²) in [6.45, 7) is 1.11. The van der Waals surface area contributed by atoms with Gasteiger partial charge in [-0.2, -0.15) is 0 Å². The van der Waals surface area contributed by atoms with Crippen LogP contribution in [0.2, 0.25) is 0 Å². The number of primary amides is 1. The van der Waals surface area contributed by atoms with Crippen LogP contribution < -0.4 is 20.5 Å². The molecule has 2 aromatic carbocycles. The minimum atomic E-state index is -0.556. The molecule has 2 aromatic rings. The molecule has 1 amide bonds. The van der Waals surface area contributed by atoms with Crippen molar-refractivity contribution in [1.29, 1.82) is 0 Å². The van der Waals surface area contributed by atoms with E-state index in [9.17, 15) is 4.79 Å². The predicted octanol–water partition coefficient (Wildman–Crippen LogP) is 3.55. The SMILES string of the molecule is COc1cccc(COc2ccc(CNC3(C(N)=O)CCCCC3)cc2)c1. The molecule has 144 valence electrons. The number of hydrogen-bond acceptors (Lipinski definition) is 4. The van der Waals surface area contributed by atoms with Gasteiger partial charge in [0.05, 0.1) is 12.6 Å². The van der Waals surface area contributed by atoms with Crippen molar-refractivity contribution in [3.8, 4) is 11.5 Å². The van der Waals surface area contributed by atoms with E-state index < -0.39 is 5.54 Å². The van der Waals surface area contributed by atoms with E-state index in [0.717, 1.165) is 48.3 Å². The van der Waals surface area contributed by atoms with Gasteiger partial charge in [0.15, 0.2) is 0 Å². The summed E-state index contributed by atoms with van der Waals surface area (Å²) >= 11 is 0. The molecule has 1 aliphatic carbocycles. The van der Waals surface area contributed by atoms with Crippen LogP contribution in [0.3, 0.4) is 0 Å². The predicted molar refractivity (Wildman–Crippen MR) is 106 cm³/mol. The summed E-state index contributed by atoms with van der Waals surface area (Å²) < 4.78 is 11.1. The lowest BCUT2D eigenvalue weighted by atomic mass is 9.81. The molecular formula is C22H28N2O3. The fourth-order valence-corrected chi connectivity index (χ4v) is 3.57. The highest BCUT2D eigenvalue weighted by Crippen LogP contribution is 2.28. The Morgan fingerprint density at radius 3 is 2.44 bits per heavy atom. The molecule has 0 aromatic heterocycles. The summed E-state index contributed by atoms with van der Waals surface area (Å²) in [5.41, 5.74) is 7.28. The fourth-order valence-electron chi connectivity index (χ4n) is 3.57. The maximum atomic E-state index is 11.9. The topological polar surface area (TPSA) is 73.6 Å². The number of nitrogens with two attached hydrogens (primary N) is 1. The van der Waals surface area contributed by atoms with Crippen LogP contribution in [0.15, 0.2) is 48.5 Å². The van der Waals surface area contributed by atoms with E-state index in [1.54, 1.807) is 7.11 Å². The van der Waals surface area contributed by atoms with E-state index in [-0.39, 0.29) is 5.91 Å². The van der Waals surface area contributed by atoms with Crippen molar-refractivity contribution < 1.29 is 14.3 Å². The fraction of sp³-hybridized carbons (Fsp3) is 0.409. The van der Waals surface area contributed by atoms with Gasteiger partial charge < -0.3 is 15.2 Å². The maximum absolute atomic E-state index is 11.9. The quantitative estimate of drug-likeness (QED) is 0.747. The van der Waals surface area contributed by atoms with Crippen LogP contribution in [0.25, 0.3) is 0 Å². The third kappa shape index (κ3) is 5.01. The van der Waals surface area contributed by atoms with Crippen LogP contribution >= 0.6 is 0 Å². The number of hydrogen-bond donors (Lipinski definition) is 2. The molecule has 0 unspecified atom stereocenters. The lowest BCUT2D eigenvalue weighted by molar-refractivity contribution is -0.125. The molecule has 1 saturated carbocycles. The molecule has 27 heavy (non-hydrogen) atoms. The van der Waals surface area contributed by atoms with Crippen LogP contribution in [0.1, 0.15) is 43.2 Å². The van der Waals surface area contributed by atoms with Crippen LogP contribution in [0, 0.1) is 0 Å². The second kappa shape index (κ2) is 8.91. The number of carbonyl (C=O) groups excluding carboxylic acids is 1. The molecule has 5 nitrogen and oxygen atoms in total. The van der Waals surface area contributed by atoms with Crippen molar-refractivity contribution in [2.75, 3.05) is 7.11 Å². The molecule has 1 aliphatic rings. The number of rotatable bonds is 8. The second-order valence-corrected chi connectivity index (χ2v) is 7.14. The van der Waals surface area contributed by atoms with Gasteiger partial charge in [-0.1, -0.05) is 43.5 Å². The van der Waals surface area contributed by atoms with E-state index in [0.29, 0.717) is 13.2 Å². The molecular weight excluding hydrogens is 340 g/mol. The minimum Gasteiger partial charge on any atom is -0.497 e. The van der Waals surface area contributed by atoms with Gasteiger partial charge in [0, 0.05) is 6.54 Å². The first kappa shape index (κ1) is 19.2. The van der Waals surface area contributed by atoms with Crippen molar-refractivity contribution in [2.24, 2.45) is 5.73 Å². The Kier molecular flexibility index (Phi) is 6.35. The minimum absolute atomic E-state index is 0.236. The summed E-state index contributed by atoms with van der Waals surface area (Å²) in [5, 5.41) is 3.41. The molecule has 0 heterocycles. The summed E-state index contributed by atoms with van der Waals surface area (Å²) in [6.07, 6.45) is 4.92. The van der Waals surface area contributed by atoms with Crippen molar-refractivity contribution in [3.63, 3.8) is 0 Å². The monoisotopic (exact) mass is 368 g/mol. The average molecular weight is 368 g/mol. The Morgan fingerprint density at radius 2 is 1.78 bits per heavy atom. The summed E-state index contributed by atoms with van der Waals surface area (Å²) in [5.74, 6) is 1.40. The first-order chi connectivity index (χ1) is 13.1. The Morgan fingerprint density at radius 1 is 1.04 bits per heavy atom. The first-order valence-corrected chi connectivity index (χ1v) is 9.51. The zero-order valence-electron chi connectivity index (χ0n) is 15.9. The largest absolute Gasteiger partial charge is 0.497 e. The zero-order valence-corrected chi connectivity index (χ0v) is 15.9. The lowest BCUT2D eigenvalue weighted by Gasteiger charge is -2.35. The molecule has 0 spiro atoms. The Labute approximate surface area is 160 Å². The zero-order chi connectivity index (χ0) is 19.1. The smallest absolute Gasteiger partial charge is 0.237 e. The van der Waals surface area contributed by atoms with Gasteiger partial charge in [0.25, 0.3) is 0 Å². The van der Waals surface area contributed by atoms with Gasteiger partial charge in [-0.25, -0.2) is 0 Å². The molecule has 3 rings (SSSR count). The third-order valence-electron chi connectivity index (χ3n) is 5.27. The van der Waals surface area contributed by atoms with E-state index >= 15 is 0 Å². The highest BCUT2D eigenvalue weighted by molar-refractivity contribution is 5.84. The van der Waals surface area contributed by atoms with Gasteiger partial charge >= 0.3 is 0 Å². The molecule has 0 atom stereocenters. The van der Waals surface area contributed by atoms with E-state index in [1.807, 2.05) is 48.5 Å². The van der Waals surface area contributed by atoms with Crippen LogP contribution in [-0.2, 0) is 17.9 Å². The number of methoxy groups -OCH3 is 1. The normalized spacial score (nSPS) is 15.9. The highest BCUT2D eigenvalue weighted by atomic mass is 16.5. The number of carbonyl (C=O) groups is 1. The first-order valence-electron chi connectivity index (χ1n) is 9.51. The van der Waals surface area contributed by atoms with E-state index in [1.165, 1.54) is 6.42 Å². The number of ether oxygens (including phenoxy) is 2. The molecule has 0 aliphatic heterocycles. The summed E-state index contributed by atoms with van der Waals surface area (Å²) in [6, 6.07) is 15.8. The molecule has 1 fully saturated rings. The van der Waals surface area contributed by atoms with Crippen LogP contribution in [0.5, 0.6) is 11.5 Å². The standard InChI is InChI=1S/C22H28N2O3/c1-26-20-7-5-6-18(14-20)16-27-19-10-8-17(9-11-19)15-24-22(21(23)25)12-3-2-4-13-22/h5-11,14,24H,2-4,12-13,15-16H2,1H3,(H2,23,25). The number of nitrogens with one attached hydrogen (secondary N) is 1. The second-order valence-electron chi connectivity index (χ2n) is 7.14. The summed E-state index contributed by atoms with van der Waals surface area (Å²) in [4.78, 5) is 11.9. The van der Waals surface area contributed by atoms with Gasteiger partial charge in [0.2, 0.25) is 5.91 Å². The van der Waals surface area contributed by atoms with Crippen LogP contribution in [0.4, 0.5) is 0 Å². The van der Waals surface area contributed by atoms with Crippen molar-refractivity contribution in [3.05, 3.63) is 59.7 Å². The number of amides is 1. The van der Waals surface area contributed by atoms with Gasteiger partial charge in [-0.05, 0) is 48.2 Å². The third-order valence-corrected chi connectivity index (χ3v) is 5.27. The van der Waals surface area contributed by atoms with Crippen molar-refractivity contribution in [2.45, 2.75) is 50.8 Å². The average Bonchev–Trinajstić information content (AvgIpc) is 2.72. The molecule has 0 bridgehead atoms.